The van der Waals surface area contributed by atoms with Crippen LogP contribution in [-0.4, -0.2) is 47.2 Å². The number of imidazole rings is 1. The fraction of sp³-hybridized carbons (Fsp3) is 0.667. The maximum absolute atomic E-state index is 11.4. The molecular formula is C12H20N4O2. The summed E-state index contributed by atoms with van der Waals surface area (Å²) in [6.45, 7) is 0.760. The molecule has 0 aromatic carbocycles. The maximum atomic E-state index is 11.4. The standard InChI is InChI=1S/C12H20N4O2/c1-15(2)12(5-4-6-12)7-16-8-14-9(10(16)13)11(17)18-3/h8H,4-7,13H2,1-3H3. The van der Waals surface area contributed by atoms with Gasteiger partial charge in [0.15, 0.2) is 5.69 Å². The van der Waals surface area contributed by atoms with E-state index in [4.69, 9.17) is 5.73 Å². The summed E-state index contributed by atoms with van der Waals surface area (Å²) in [5.74, 6) is -0.103. The van der Waals surface area contributed by atoms with Crippen molar-refractivity contribution >= 4 is 11.8 Å². The number of likely N-dealkylation sites (N-methyl/N-ethyl adjacent to an activating group) is 1. The molecule has 2 N–H and O–H groups in total. The van der Waals surface area contributed by atoms with Crippen molar-refractivity contribution in [3.8, 4) is 0 Å². The third kappa shape index (κ3) is 1.96. The largest absolute Gasteiger partial charge is 0.464 e. The highest BCUT2D eigenvalue weighted by molar-refractivity contribution is 5.92. The van der Waals surface area contributed by atoms with Gasteiger partial charge in [-0.05, 0) is 33.4 Å². The number of esters is 1. The number of aromatic nitrogens is 2. The summed E-state index contributed by atoms with van der Waals surface area (Å²) in [6, 6.07) is 0. The van der Waals surface area contributed by atoms with E-state index in [1.54, 1.807) is 6.33 Å². The van der Waals surface area contributed by atoms with Crippen molar-refractivity contribution in [3.63, 3.8) is 0 Å². The van der Waals surface area contributed by atoms with Gasteiger partial charge in [-0.3, -0.25) is 0 Å². The van der Waals surface area contributed by atoms with Gasteiger partial charge in [0.25, 0.3) is 0 Å². The first kappa shape index (κ1) is 12.9. The third-order valence-corrected chi connectivity index (χ3v) is 3.95. The van der Waals surface area contributed by atoms with Crippen molar-refractivity contribution in [2.24, 2.45) is 0 Å². The molecule has 0 unspecified atom stereocenters. The van der Waals surface area contributed by atoms with E-state index in [1.807, 2.05) is 4.57 Å². The average molecular weight is 252 g/mol. The highest BCUT2D eigenvalue weighted by atomic mass is 16.5. The molecule has 0 atom stereocenters. The predicted octanol–water partition coefficient (Wildman–Crippen LogP) is 0.736. The smallest absolute Gasteiger partial charge is 0.360 e. The SMILES string of the molecule is COC(=O)c1ncn(CC2(N(C)C)CCC2)c1N. The van der Waals surface area contributed by atoms with Crippen LogP contribution in [-0.2, 0) is 11.3 Å². The number of nitrogen functional groups attached to an aromatic ring is 1. The summed E-state index contributed by atoms with van der Waals surface area (Å²) in [7, 11) is 5.48. The molecule has 1 saturated carbocycles. The Balaban J connectivity index is 2.20. The van der Waals surface area contributed by atoms with Crippen LogP contribution in [0.5, 0.6) is 0 Å². The molecule has 6 heteroatoms. The highest BCUT2D eigenvalue weighted by Gasteiger charge is 2.39. The number of methoxy groups -OCH3 is 1. The molecule has 0 spiro atoms. The maximum Gasteiger partial charge on any atom is 0.360 e. The van der Waals surface area contributed by atoms with Gasteiger partial charge in [0.1, 0.15) is 5.82 Å². The Morgan fingerprint density at radius 1 is 1.61 bits per heavy atom. The minimum absolute atomic E-state index is 0.141. The fourth-order valence-corrected chi connectivity index (χ4v) is 2.42. The van der Waals surface area contributed by atoms with E-state index in [-0.39, 0.29) is 11.2 Å². The van der Waals surface area contributed by atoms with E-state index < -0.39 is 5.97 Å². The Bertz CT molecular complexity index is 449. The highest BCUT2D eigenvalue weighted by Crippen LogP contribution is 2.38. The van der Waals surface area contributed by atoms with Gasteiger partial charge in [0.05, 0.1) is 13.4 Å². The lowest BCUT2D eigenvalue weighted by atomic mass is 9.75. The Labute approximate surface area is 107 Å². The molecule has 1 fully saturated rings. The number of hydrogen-bond donors (Lipinski definition) is 1. The fourth-order valence-electron chi connectivity index (χ4n) is 2.42. The van der Waals surface area contributed by atoms with Crippen LogP contribution in [0.2, 0.25) is 0 Å². The van der Waals surface area contributed by atoms with Crippen molar-refractivity contribution < 1.29 is 9.53 Å². The second-order valence-corrected chi connectivity index (χ2v) is 5.07. The number of carbonyl (C=O) groups is 1. The van der Waals surface area contributed by atoms with E-state index in [2.05, 4.69) is 28.7 Å². The van der Waals surface area contributed by atoms with Crippen molar-refractivity contribution in [2.45, 2.75) is 31.3 Å². The van der Waals surface area contributed by atoms with Crippen LogP contribution < -0.4 is 5.73 Å². The number of anilines is 1. The predicted molar refractivity (Wildman–Crippen MR) is 68.2 cm³/mol. The molecule has 0 aliphatic heterocycles. The summed E-state index contributed by atoms with van der Waals surface area (Å²) < 4.78 is 6.48. The molecule has 1 aliphatic carbocycles. The van der Waals surface area contributed by atoms with Gasteiger partial charge < -0.3 is 19.9 Å². The lowest BCUT2D eigenvalue weighted by Gasteiger charge is -2.47. The van der Waals surface area contributed by atoms with Crippen LogP contribution in [0.25, 0.3) is 0 Å². The minimum Gasteiger partial charge on any atom is -0.464 e. The second-order valence-electron chi connectivity index (χ2n) is 5.07. The van der Waals surface area contributed by atoms with Gasteiger partial charge in [0.2, 0.25) is 0 Å². The van der Waals surface area contributed by atoms with Crippen LogP contribution >= 0.6 is 0 Å². The van der Waals surface area contributed by atoms with E-state index >= 15 is 0 Å². The van der Waals surface area contributed by atoms with Gasteiger partial charge in [-0.2, -0.15) is 0 Å². The van der Waals surface area contributed by atoms with Gasteiger partial charge in [0, 0.05) is 12.1 Å². The van der Waals surface area contributed by atoms with E-state index in [9.17, 15) is 4.79 Å². The van der Waals surface area contributed by atoms with Crippen LogP contribution in [0.3, 0.4) is 0 Å². The molecule has 0 radical (unpaired) electrons. The average Bonchev–Trinajstić information content (AvgIpc) is 2.63. The lowest BCUT2D eigenvalue weighted by molar-refractivity contribution is 0.0428. The molecular weight excluding hydrogens is 232 g/mol. The summed E-state index contributed by atoms with van der Waals surface area (Å²) >= 11 is 0. The first-order valence-electron chi connectivity index (χ1n) is 6.06. The molecule has 1 aliphatic rings. The van der Waals surface area contributed by atoms with E-state index in [0.717, 1.165) is 19.4 Å². The van der Waals surface area contributed by atoms with Crippen LogP contribution in [0.1, 0.15) is 29.8 Å². The molecule has 2 rings (SSSR count). The molecule has 6 nitrogen and oxygen atoms in total. The van der Waals surface area contributed by atoms with E-state index in [1.165, 1.54) is 13.5 Å². The van der Waals surface area contributed by atoms with Crippen molar-refractivity contribution in [1.82, 2.24) is 14.5 Å². The van der Waals surface area contributed by atoms with Gasteiger partial charge in [-0.25, -0.2) is 9.78 Å². The number of nitrogens with zero attached hydrogens (tertiary/aromatic N) is 3. The Morgan fingerprint density at radius 2 is 2.28 bits per heavy atom. The summed E-state index contributed by atoms with van der Waals surface area (Å²) in [5.41, 5.74) is 6.29. The second kappa shape index (κ2) is 4.61. The van der Waals surface area contributed by atoms with Gasteiger partial charge >= 0.3 is 5.97 Å². The monoisotopic (exact) mass is 252 g/mol. The summed E-state index contributed by atoms with van der Waals surface area (Å²) in [5, 5.41) is 0. The number of rotatable bonds is 4. The Morgan fingerprint density at radius 3 is 2.72 bits per heavy atom. The number of ether oxygens (including phenoxy) is 1. The molecule has 1 aromatic rings. The zero-order valence-electron chi connectivity index (χ0n) is 11.1. The Hall–Kier alpha value is -1.56. The van der Waals surface area contributed by atoms with Gasteiger partial charge in [-0.15, -0.1) is 0 Å². The molecule has 18 heavy (non-hydrogen) atoms. The van der Waals surface area contributed by atoms with Gasteiger partial charge in [-0.1, -0.05) is 0 Å². The zero-order valence-corrected chi connectivity index (χ0v) is 11.1. The van der Waals surface area contributed by atoms with Crippen molar-refractivity contribution in [2.75, 3.05) is 26.9 Å². The van der Waals surface area contributed by atoms with Crippen LogP contribution in [0.4, 0.5) is 5.82 Å². The topological polar surface area (TPSA) is 73.4 Å². The van der Waals surface area contributed by atoms with Crippen LogP contribution in [0.15, 0.2) is 6.33 Å². The van der Waals surface area contributed by atoms with Crippen molar-refractivity contribution in [1.29, 1.82) is 0 Å². The quantitative estimate of drug-likeness (QED) is 0.800. The first-order valence-corrected chi connectivity index (χ1v) is 6.06. The molecule has 100 valence electrons. The number of carbonyl (C=O) groups excluding carboxylic acids is 1. The number of nitrogens with two attached hydrogens (primary N) is 1. The normalized spacial score (nSPS) is 17.6. The lowest BCUT2D eigenvalue weighted by Crippen LogP contribution is -2.53. The molecule has 0 saturated heterocycles. The minimum atomic E-state index is -0.487. The molecule has 1 heterocycles. The van der Waals surface area contributed by atoms with E-state index in [0.29, 0.717) is 5.82 Å². The molecule has 1 aromatic heterocycles. The van der Waals surface area contributed by atoms with Crippen molar-refractivity contribution in [3.05, 3.63) is 12.0 Å². The first-order chi connectivity index (χ1) is 8.50. The third-order valence-electron chi connectivity index (χ3n) is 3.95. The summed E-state index contributed by atoms with van der Waals surface area (Å²) in [6.07, 6.45) is 5.14. The Kier molecular flexibility index (Phi) is 3.30. The molecule has 0 bridgehead atoms. The number of hydrogen-bond acceptors (Lipinski definition) is 5. The summed E-state index contributed by atoms with van der Waals surface area (Å²) in [4.78, 5) is 17.7. The van der Waals surface area contributed by atoms with Crippen LogP contribution in [0, 0.1) is 0 Å². The zero-order chi connectivity index (χ0) is 13.3. The molecule has 0 amide bonds.